The van der Waals surface area contributed by atoms with E-state index in [4.69, 9.17) is 5.11 Å². The first-order chi connectivity index (χ1) is 9.63. The maximum Gasteiger partial charge on any atom is 0.323 e. The van der Waals surface area contributed by atoms with Crippen molar-refractivity contribution in [1.82, 2.24) is 4.90 Å². The molecule has 0 saturated heterocycles. The number of carbonyl (C=O) groups excluding carboxylic acids is 1. The number of amides is 1. The molecule has 1 N–H and O–H groups in total. The Morgan fingerprint density at radius 2 is 1.90 bits per heavy atom. The molecule has 1 aromatic carbocycles. The van der Waals surface area contributed by atoms with Gasteiger partial charge in [-0.05, 0) is 23.9 Å². The number of benzene rings is 1. The van der Waals surface area contributed by atoms with Crippen molar-refractivity contribution in [3.8, 4) is 11.1 Å². The van der Waals surface area contributed by atoms with Crippen molar-refractivity contribution in [2.24, 2.45) is 0 Å². The molecule has 0 saturated carbocycles. The van der Waals surface area contributed by atoms with E-state index in [1.54, 1.807) is 6.92 Å². The number of carbonyl (C=O) groups is 2. The molecule has 1 amide bonds. The van der Waals surface area contributed by atoms with Gasteiger partial charge in [-0.3, -0.25) is 9.59 Å². The highest BCUT2D eigenvalue weighted by molar-refractivity contribution is 7.12. The third-order valence-electron chi connectivity index (χ3n) is 2.94. The summed E-state index contributed by atoms with van der Waals surface area (Å²) in [6, 6.07) is 11.5. The van der Waals surface area contributed by atoms with Crippen LogP contribution in [0.2, 0.25) is 0 Å². The van der Waals surface area contributed by atoms with Gasteiger partial charge >= 0.3 is 5.97 Å². The summed E-state index contributed by atoms with van der Waals surface area (Å²) in [5.41, 5.74) is 1.81. The first-order valence-corrected chi connectivity index (χ1v) is 7.15. The summed E-state index contributed by atoms with van der Waals surface area (Å²) in [7, 11) is 0. The van der Waals surface area contributed by atoms with Crippen LogP contribution < -0.4 is 0 Å². The molecule has 0 aliphatic heterocycles. The lowest BCUT2D eigenvalue weighted by molar-refractivity contribution is -0.137. The molecule has 1 aromatic heterocycles. The molecule has 0 aliphatic carbocycles. The second-order valence-corrected chi connectivity index (χ2v) is 5.16. The van der Waals surface area contributed by atoms with Crippen molar-refractivity contribution < 1.29 is 14.7 Å². The molecule has 2 aromatic rings. The fourth-order valence-corrected chi connectivity index (χ4v) is 2.84. The maximum atomic E-state index is 12.4. The molecule has 5 heteroatoms. The minimum Gasteiger partial charge on any atom is -0.480 e. The first-order valence-electron chi connectivity index (χ1n) is 6.27. The number of thiophene rings is 1. The number of aliphatic carboxylic acids is 1. The number of carboxylic acid groups (broad SMARTS) is 1. The summed E-state index contributed by atoms with van der Waals surface area (Å²) < 4.78 is 0. The molecule has 20 heavy (non-hydrogen) atoms. The lowest BCUT2D eigenvalue weighted by atomic mass is 10.1. The summed E-state index contributed by atoms with van der Waals surface area (Å²) in [5.74, 6) is -1.23. The van der Waals surface area contributed by atoms with Gasteiger partial charge < -0.3 is 10.0 Å². The first kappa shape index (κ1) is 14.3. The number of nitrogens with zero attached hydrogens (tertiary/aromatic N) is 1. The van der Waals surface area contributed by atoms with E-state index in [0.717, 1.165) is 11.1 Å². The van der Waals surface area contributed by atoms with Gasteiger partial charge in [-0.2, -0.15) is 0 Å². The van der Waals surface area contributed by atoms with Gasteiger partial charge in [0.05, 0.1) is 4.88 Å². The van der Waals surface area contributed by atoms with Crippen molar-refractivity contribution >= 4 is 23.2 Å². The minimum absolute atomic E-state index is 0.233. The van der Waals surface area contributed by atoms with Gasteiger partial charge in [0, 0.05) is 12.1 Å². The van der Waals surface area contributed by atoms with Gasteiger partial charge in [-0.25, -0.2) is 0 Å². The number of likely N-dealkylation sites (N-methyl/N-ethyl adjacent to an activating group) is 1. The van der Waals surface area contributed by atoms with Crippen LogP contribution in [0.4, 0.5) is 0 Å². The van der Waals surface area contributed by atoms with E-state index in [-0.39, 0.29) is 12.5 Å². The average molecular weight is 289 g/mol. The van der Waals surface area contributed by atoms with Crippen molar-refractivity contribution in [1.29, 1.82) is 0 Å². The standard InChI is InChI=1S/C15H15NO3S/c1-2-16(10-13(17)18)15(19)14-12(8-9-20-14)11-6-4-3-5-7-11/h3-9H,2,10H2,1H3,(H,17,18). The van der Waals surface area contributed by atoms with Gasteiger partial charge in [0.2, 0.25) is 0 Å². The molecule has 0 spiro atoms. The van der Waals surface area contributed by atoms with Crippen molar-refractivity contribution in [2.45, 2.75) is 6.92 Å². The largest absolute Gasteiger partial charge is 0.480 e. The Kier molecular flexibility index (Phi) is 4.53. The predicted octanol–water partition coefficient (Wildman–Crippen LogP) is 2.96. The molecule has 0 fully saturated rings. The van der Waals surface area contributed by atoms with E-state index in [9.17, 15) is 9.59 Å². The van der Waals surface area contributed by atoms with Crippen LogP contribution >= 0.6 is 11.3 Å². The normalized spacial score (nSPS) is 10.2. The molecule has 0 aliphatic rings. The highest BCUT2D eigenvalue weighted by Gasteiger charge is 2.21. The van der Waals surface area contributed by atoms with Crippen molar-refractivity contribution in [3.05, 3.63) is 46.7 Å². The molecular weight excluding hydrogens is 274 g/mol. The lowest BCUT2D eigenvalue weighted by Crippen LogP contribution is -2.35. The summed E-state index contributed by atoms with van der Waals surface area (Å²) in [4.78, 5) is 25.2. The van der Waals surface area contributed by atoms with Crippen LogP contribution in [0, 0.1) is 0 Å². The van der Waals surface area contributed by atoms with Crippen LogP contribution in [0.3, 0.4) is 0 Å². The van der Waals surface area contributed by atoms with E-state index in [2.05, 4.69) is 0 Å². The monoisotopic (exact) mass is 289 g/mol. The molecule has 0 unspecified atom stereocenters. The van der Waals surface area contributed by atoms with E-state index >= 15 is 0 Å². The zero-order valence-electron chi connectivity index (χ0n) is 11.1. The Morgan fingerprint density at radius 3 is 2.50 bits per heavy atom. The van der Waals surface area contributed by atoms with Crippen LogP contribution in [0.1, 0.15) is 16.6 Å². The van der Waals surface area contributed by atoms with Gasteiger partial charge in [0.15, 0.2) is 0 Å². The second kappa shape index (κ2) is 6.34. The lowest BCUT2D eigenvalue weighted by Gasteiger charge is -2.18. The zero-order chi connectivity index (χ0) is 14.5. The predicted molar refractivity (Wildman–Crippen MR) is 79.0 cm³/mol. The van der Waals surface area contributed by atoms with Crippen molar-refractivity contribution in [3.63, 3.8) is 0 Å². The number of hydrogen-bond donors (Lipinski definition) is 1. The summed E-state index contributed by atoms with van der Waals surface area (Å²) in [6.45, 7) is 1.87. The molecule has 4 nitrogen and oxygen atoms in total. The fourth-order valence-electron chi connectivity index (χ4n) is 1.95. The minimum atomic E-state index is -1.00. The quantitative estimate of drug-likeness (QED) is 0.920. The summed E-state index contributed by atoms with van der Waals surface area (Å²) in [5, 5.41) is 10.7. The van der Waals surface area contributed by atoms with Gasteiger partial charge in [0.25, 0.3) is 5.91 Å². The van der Waals surface area contributed by atoms with E-state index in [0.29, 0.717) is 11.4 Å². The third kappa shape index (κ3) is 3.05. The molecular formula is C15H15NO3S. The van der Waals surface area contributed by atoms with Crippen molar-refractivity contribution in [2.75, 3.05) is 13.1 Å². The van der Waals surface area contributed by atoms with Crippen LogP contribution in [0.5, 0.6) is 0 Å². The molecule has 0 atom stereocenters. The van der Waals surface area contributed by atoms with Crippen LogP contribution in [0.15, 0.2) is 41.8 Å². The average Bonchev–Trinajstić information content (AvgIpc) is 2.94. The second-order valence-electron chi connectivity index (χ2n) is 4.24. The highest BCUT2D eigenvalue weighted by Crippen LogP contribution is 2.29. The highest BCUT2D eigenvalue weighted by atomic mass is 32.1. The zero-order valence-corrected chi connectivity index (χ0v) is 11.9. The van der Waals surface area contributed by atoms with Gasteiger partial charge in [-0.15, -0.1) is 11.3 Å². The van der Waals surface area contributed by atoms with E-state index < -0.39 is 5.97 Å². The Labute approximate surface area is 121 Å². The Morgan fingerprint density at radius 1 is 1.20 bits per heavy atom. The van der Waals surface area contributed by atoms with Crippen LogP contribution in [-0.2, 0) is 4.79 Å². The molecule has 0 radical (unpaired) electrons. The SMILES string of the molecule is CCN(CC(=O)O)C(=O)c1sccc1-c1ccccc1. The Hall–Kier alpha value is -2.14. The van der Waals surface area contributed by atoms with Gasteiger partial charge in [0.1, 0.15) is 6.54 Å². The third-order valence-corrected chi connectivity index (χ3v) is 3.84. The van der Waals surface area contributed by atoms with Crippen LogP contribution in [-0.4, -0.2) is 35.0 Å². The summed E-state index contributed by atoms with van der Waals surface area (Å²) >= 11 is 1.34. The molecule has 1 heterocycles. The topological polar surface area (TPSA) is 57.6 Å². The maximum absolute atomic E-state index is 12.4. The summed E-state index contributed by atoms with van der Waals surface area (Å²) in [6.07, 6.45) is 0. The smallest absolute Gasteiger partial charge is 0.323 e. The number of rotatable bonds is 5. The molecule has 2 rings (SSSR count). The van der Waals surface area contributed by atoms with E-state index in [1.807, 2.05) is 41.8 Å². The fraction of sp³-hybridized carbons (Fsp3) is 0.200. The van der Waals surface area contributed by atoms with E-state index in [1.165, 1.54) is 16.2 Å². The Bertz CT molecular complexity index is 607. The number of carboxylic acids is 1. The van der Waals surface area contributed by atoms with Crippen LogP contribution in [0.25, 0.3) is 11.1 Å². The molecule has 104 valence electrons. The Balaban J connectivity index is 2.32. The van der Waals surface area contributed by atoms with Gasteiger partial charge in [-0.1, -0.05) is 30.3 Å². The number of hydrogen-bond acceptors (Lipinski definition) is 3. The molecule has 0 bridgehead atoms.